The molecule has 3 heteroatoms. The Balaban J connectivity index is 2.56. The highest BCUT2D eigenvalue weighted by Crippen LogP contribution is 2.30. The van der Waals surface area contributed by atoms with Crippen LogP contribution in [-0.4, -0.2) is 12.5 Å². The van der Waals surface area contributed by atoms with E-state index in [2.05, 4.69) is 42.8 Å². The Morgan fingerprint density at radius 3 is 2.56 bits per heavy atom. The molecule has 0 bridgehead atoms. The lowest BCUT2D eigenvalue weighted by Gasteiger charge is -2.25. The maximum absolute atomic E-state index is 6.39. The summed E-state index contributed by atoms with van der Waals surface area (Å²) in [5, 5.41) is 0.218. The van der Waals surface area contributed by atoms with Crippen LogP contribution in [0.5, 0.6) is 5.75 Å². The average molecular weight is 334 g/mol. The smallest absolute Gasteiger partial charge is 0.122 e. The molecule has 1 aromatic carbocycles. The Labute approximate surface area is 124 Å². The van der Waals surface area contributed by atoms with Crippen molar-refractivity contribution in [3.63, 3.8) is 0 Å². The van der Waals surface area contributed by atoms with Crippen LogP contribution in [0.25, 0.3) is 0 Å². The van der Waals surface area contributed by atoms with Gasteiger partial charge < -0.3 is 4.74 Å². The van der Waals surface area contributed by atoms with Crippen LogP contribution in [0.4, 0.5) is 0 Å². The van der Waals surface area contributed by atoms with Crippen molar-refractivity contribution < 1.29 is 4.74 Å². The Morgan fingerprint density at radius 1 is 1.33 bits per heavy atom. The number of hydrogen-bond acceptors (Lipinski definition) is 1. The lowest BCUT2D eigenvalue weighted by Crippen LogP contribution is -2.20. The van der Waals surface area contributed by atoms with Crippen molar-refractivity contribution in [3.8, 4) is 5.75 Å². The van der Waals surface area contributed by atoms with Gasteiger partial charge in [-0.3, -0.25) is 0 Å². The van der Waals surface area contributed by atoms with Crippen molar-refractivity contribution in [1.29, 1.82) is 0 Å². The first-order valence-corrected chi connectivity index (χ1v) is 7.54. The van der Waals surface area contributed by atoms with E-state index in [4.69, 9.17) is 16.3 Å². The van der Waals surface area contributed by atoms with Crippen LogP contribution in [0.1, 0.15) is 39.2 Å². The molecular weight excluding hydrogens is 312 g/mol. The lowest BCUT2D eigenvalue weighted by molar-refractivity contribution is 0.367. The van der Waals surface area contributed by atoms with E-state index in [1.165, 1.54) is 5.56 Å². The number of methoxy groups -OCH3 is 1. The SMILES string of the molecule is COc1ccc(Br)cc1CCCC(Cl)C(C)(C)C. The van der Waals surface area contributed by atoms with Gasteiger partial charge in [0.15, 0.2) is 0 Å². The van der Waals surface area contributed by atoms with Crippen LogP contribution >= 0.6 is 27.5 Å². The number of ether oxygens (including phenoxy) is 1. The van der Waals surface area contributed by atoms with Gasteiger partial charge in [0.05, 0.1) is 7.11 Å². The van der Waals surface area contributed by atoms with Crippen LogP contribution in [0, 0.1) is 5.41 Å². The van der Waals surface area contributed by atoms with E-state index >= 15 is 0 Å². The molecule has 0 aromatic heterocycles. The summed E-state index contributed by atoms with van der Waals surface area (Å²) in [6, 6.07) is 6.13. The zero-order chi connectivity index (χ0) is 13.8. The molecule has 1 rings (SSSR count). The van der Waals surface area contributed by atoms with Crippen molar-refractivity contribution in [3.05, 3.63) is 28.2 Å². The van der Waals surface area contributed by atoms with E-state index in [1.807, 2.05) is 12.1 Å². The van der Waals surface area contributed by atoms with Crippen molar-refractivity contribution in [2.75, 3.05) is 7.11 Å². The first-order valence-electron chi connectivity index (χ1n) is 6.31. The van der Waals surface area contributed by atoms with Crippen LogP contribution < -0.4 is 4.74 Å². The minimum atomic E-state index is 0.170. The van der Waals surface area contributed by atoms with Gasteiger partial charge in [-0.2, -0.15) is 0 Å². The predicted octanol–water partition coefficient (Wildman–Crippen LogP) is 5.43. The second kappa shape index (κ2) is 6.81. The fourth-order valence-corrected chi connectivity index (χ4v) is 2.41. The highest BCUT2D eigenvalue weighted by atomic mass is 79.9. The van der Waals surface area contributed by atoms with E-state index in [1.54, 1.807) is 7.11 Å². The Hall–Kier alpha value is -0.210. The number of benzene rings is 1. The fourth-order valence-electron chi connectivity index (χ4n) is 1.85. The monoisotopic (exact) mass is 332 g/mol. The molecule has 102 valence electrons. The van der Waals surface area contributed by atoms with Gasteiger partial charge in [0, 0.05) is 9.85 Å². The number of alkyl halides is 1. The first-order chi connectivity index (χ1) is 8.34. The number of aryl methyl sites for hydroxylation is 1. The summed E-state index contributed by atoms with van der Waals surface area (Å²) >= 11 is 9.88. The normalized spacial score (nSPS) is 13.4. The molecule has 1 aromatic rings. The predicted molar refractivity (Wildman–Crippen MR) is 82.7 cm³/mol. The highest BCUT2D eigenvalue weighted by Gasteiger charge is 2.21. The van der Waals surface area contributed by atoms with Gasteiger partial charge >= 0.3 is 0 Å². The zero-order valence-corrected chi connectivity index (χ0v) is 13.9. The molecule has 0 spiro atoms. The molecule has 0 N–H and O–H groups in total. The third-order valence-corrected chi connectivity index (χ3v) is 4.45. The third kappa shape index (κ3) is 4.81. The fraction of sp³-hybridized carbons (Fsp3) is 0.600. The summed E-state index contributed by atoms with van der Waals surface area (Å²) in [7, 11) is 1.71. The largest absolute Gasteiger partial charge is 0.496 e. The molecule has 1 unspecified atom stereocenters. The van der Waals surface area contributed by atoms with E-state index in [0.717, 1.165) is 29.5 Å². The molecule has 0 aliphatic heterocycles. The Kier molecular flexibility index (Phi) is 6.00. The van der Waals surface area contributed by atoms with Gasteiger partial charge in [0.25, 0.3) is 0 Å². The molecule has 1 atom stereocenters. The standard InChI is InChI=1S/C15H22BrClO/c1-15(2,3)14(17)7-5-6-11-10-12(16)8-9-13(11)18-4/h8-10,14H,5-7H2,1-4H3. The maximum atomic E-state index is 6.39. The van der Waals surface area contributed by atoms with Crippen molar-refractivity contribution in [2.24, 2.45) is 5.41 Å². The van der Waals surface area contributed by atoms with Crippen LogP contribution in [-0.2, 0) is 6.42 Å². The van der Waals surface area contributed by atoms with E-state index in [9.17, 15) is 0 Å². The second-order valence-corrected chi connectivity index (χ2v) is 7.12. The summed E-state index contributed by atoms with van der Waals surface area (Å²) in [6.45, 7) is 6.55. The quantitative estimate of drug-likeness (QED) is 0.652. The van der Waals surface area contributed by atoms with Gasteiger partial charge in [-0.1, -0.05) is 36.7 Å². The molecule has 0 fully saturated rings. The summed E-state index contributed by atoms with van der Waals surface area (Å²) < 4.78 is 6.47. The molecule has 0 aliphatic carbocycles. The van der Waals surface area contributed by atoms with E-state index < -0.39 is 0 Å². The minimum absolute atomic E-state index is 0.170. The molecule has 18 heavy (non-hydrogen) atoms. The average Bonchev–Trinajstić information content (AvgIpc) is 2.28. The van der Waals surface area contributed by atoms with Crippen LogP contribution in [0.15, 0.2) is 22.7 Å². The molecule has 0 heterocycles. The van der Waals surface area contributed by atoms with Gasteiger partial charge in [0.1, 0.15) is 5.75 Å². The van der Waals surface area contributed by atoms with Crippen LogP contribution in [0.3, 0.4) is 0 Å². The molecule has 0 amide bonds. The zero-order valence-electron chi connectivity index (χ0n) is 11.6. The van der Waals surface area contributed by atoms with E-state index in [0.29, 0.717) is 0 Å². The molecule has 1 nitrogen and oxygen atoms in total. The molecule has 0 saturated heterocycles. The molecule has 0 saturated carbocycles. The summed E-state index contributed by atoms with van der Waals surface area (Å²) in [6.07, 6.45) is 3.11. The maximum Gasteiger partial charge on any atom is 0.122 e. The van der Waals surface area contributed by atoms with Gasteiger partial charge in [-0.05, 0) is 48.4 Å². The first kappa shape index (κ1) is 15.8. The van der Waals surface area contributed by atoms with E-state index in [-0.39, 0.29) is 10.8 Å². The third-order valence-electron chi connectivity index (χ3n) is 3.09. The minimum Gasteiger partial charge on any atom is -0.496 e. The van der Waals surface area contributed by atoms with Crippen LogP contribution in [0.2, 0.25) is 0 Å². The molecule has 0 radical (unpaired) electrons. The Bertz CT molecular complexity index is 385. The van der Waals surface area contributed by atoms with Crippen molar-refractivity contribution >= 4 is 27.5 Å². The van der Waals surface area contributed by atoms with Crippen molar-refractivity contribution in [1.82, 2.24) is 0 Å². The number of hydrogen-bond donors (Lipinski definition) is 0. The number of halogens is 2. The van der Waals surface area contributed by atoms with Crippen molar-refractivity contribution in [2.45, 2.75) is 45.4 Å². The topological polar surface area (TPSA) is 9.23 Å². The summed E-state index contributed by atoms with van der Waals surface area (Å²) in [5.74, 6) is 0.958. The number of rotatable bonds is 5. The Morgan fingerprint density at radius 2 is 2.00 bits per heavy atom. The molecule has 0 aliphatic rings. The molecular formula is C15H22BrClO. The summed E-state index contributed by atoms with van der Waals surface area (Å²) in [5.41, 5.74) is 1.41. The second-order valence-electron chi connectivity index (χ2n) is 5.68. The van der Waals surface area contributed by atoms with Gasteiger partial charge in [-0.25, -0.2) is 0 Å². The lowest BCUT2D eigenvalue weighted by atomic mass is 9.88. The highest BCUT2D eigenvalue weighted by molar-refractivity contribution is 9.10. The summed E-state index contributed by atoms with van der Waals surface area (Å²) in [4.78, 5) is 0. The van der Waals surface area contributed by atoms with Gasteiger partial charge in [0.2, 0.25) is 0 Å². The van der Waals surface area contributed by atoms with Gasteiger partial charge in [-0.15, -0.1) is 11.6 Å².